The van der Waals surface area contributed by atoms with Crippen LogP contribution in [0.3, 0.4) is 0 Å². The minimum absolute atomic E-state index is 0.201. The molecule has 88 valence electrons. The van der Waals surface area contributed by atoms with E-state index in [1.807, 2.05) is 0 Å². The molecule has 0 amide bonds. The first-order valence-electron chi connectivity index (χ1n) is 4.69. The fourth-order valence-corrected chi connectivity index (χ4v) is 1.70. The Morgan fingerprint density at radius 1 is 1.35 bits per heavy atom. The van der Waals surface area contributed by atoms with Crippen LogP contribution in [-0.4, -0.2) is 17.1 Å². The van der Waals surface area contributed by atoms with Crippen LogP contribution in [0.15, 0.2) is 34.9 Å². The minimum Gasteiger partial charge on any atom is -0.480 e. The van der Waals surface area contributed by atoms with Gasteiger partial charge in [0.25, 0.3) is 0 Å². The van der Waals surface area contributed by atoms with Crippen LogP contribution >= 0.6 is 27.5 Å². The largest absolute Gasteiger partial charge is 0.480 e. The molecule has 1 heterocycles. The maximum absolute atomic E-state index is 5.84. The van der Waals surface area contributed by atoms with Gasteiger partial charge in [0.1, 0.15) is 5.75 Å². The summed E-state index contributed by atoms with van der Waals surface area (Å²) in [6.45, 7) is 0. The maximum Gasteiger partial charge on any atom is 0.325 e. The molecule has 2 rings (SSSR count). The number of methoxy groups -OCH3 is 1. The van der Waals surface area contributed by atoms with Gasteiger partial charge in [0.05, 0.1) is 17.8 Å². The SMILES string of the molecule is COc1nc(Oc2cccc(Cl)c2)ncc1Br. The smallest absolute Gasteiger partial charge is 0.325 e. The maximum atomic E-state index is 5.84. The van der Waals surface area contributed by atoms with Gasteiger partial charge in [-0.25, -0.2) is 4.98 Å². The van der Waals surface area contributed by atoms with Crippen LogP contribution in [0.5, 0.6) is 17.6 Å². The van der Waals surface area contributed by atoms with Crippen molar-refractivity contribution in [2.75, 3.05) is 7.11 Å². The first kappa shape index (κ1) is 12.1. The molecule has 1 aromatic heterocycles. The average Bonchev–Trinajstić information content (AvgIpc) is 2.32. The Balaban J connectivity index is 2.24. The lowest BCUT2D eigenvalue weighted by Gasteiger charge is -2.06. The third-order valence-corrected chi connectivity index (χ3v) is 2.67. The Labute approximate surface area is 112 Å². The monoisotopic (exact) mass is 314 g/mol. The van der Waals surface area contributed by atoms with Gasteiger partial charge < -0.3 is 9.47 Å². The lowest BCUT2D eigenvalue weighted by molar-refractivity contribution is 0.373. The average molecular weight is 316 g/mol. The number of benzene rings is 1. The van der Waals surface area contributed by atoms with Crippen molar-refractivity contribution in [1.82, 2.24) is 9.97 Å². The van der Waals surface area contributed by atoms with E-state index in [2.05, 4.69) is 25.9 Å². The van der Waals surface area contributed by atoms with Crippen LogP contribution in [0.2, 0.25) is 5.02 Å². The first-order chi connectivity index (χ1) is 8.19. The van der Waals surface area contributed by atoms with E-state index in [0.717, 1.165) is 0 Å². The second-order valence-corrected chi connectivity index (χ2v) is 4.36. The molecule has 0 radical (unpaired) electrons. The highest BCUT2D eigenvalue weighted by Gasteiger charge is 2.07. The summed E-state index contributed by atoms with van der Waals surface area (Å²) in [6, 6.07) is 7.20. The van der Waals surface area contributed by atoms with Crippen LogP contribution in [0, 0.1) is 0 Å². The van der Waals surface area contributed by atoms with Gasteiger partial charge in [-0.2, -0.15) is 4.98 Å². The Bertz CT molecular complexity index is 537. The summed E-state index contributed by atoms with van der Waals surface area (Å²) in [6.07, 6.45) is 1.56. The molecule has 0 atom stereocenters. The summed E-state index contributed by atoms with van der Waals surface area (Å²) in [5.74, 6) is 0.985. The Morgan fingerprint density at radius 3 is 2.88 bits per heavy atom. The Kier molecular flexibility index (Phi) is 3.81. The summed E-state index contributed by atoms with van der Waals surface area (Å²) in [4.78, 5) is 8.08. The molecule has 0 N–H and O–H groups in total. The van der Waals surface area contributed by atoms with Crippen molar-refractivity contribution in [2.45, 2.75) is 0 Å². The van der Waals surface area contributed by atoms with Gasteiger partial charge in [-0.1, -0.05) is 17.7 Å². The summed E-state index contributed by atoms with van der Waals surface area (Å²) in [5.41, 5.74) is 0. The van der Waals surface area contributed by atoms with Gasteiger partial charge in [0.2, 0.25) is 5.88 Å². The van der Waals surface area contributed by atoms with E-state index >= 15 is 0 Å². The highest BCUT2D eigenvalue weighted by molar-refractivity contribution is 9.10. The van der Waals surface area contributed by atoms with Crippen molar-refractivity contribution < 1.29 is 9.47 Å². The normalized spacial score (nSPS) is 10.1. The fourth-order valence-electron chi connectivity index (χ4n) is 1.16. The van der Waals surface area contributed by atoms with E-state index in [1.54, 1.807) is 30.5 Å². The van der Waals surface area contributed by atoms with Crippen molar-refractivity contribution in [3.8, 4) is 17.6 Å². The van der Waals surface area contributed by atoms with Crippen LogP contribution in [0.25, 0.3) is 0 Å². The van der Waals surface area contributed by atoms with Crippen LogP contribution < -0.4 is 9.47 Å². The molecule has 0 spiro atoms. The molecule has 0 aliphatic rings. The van der Waals surface area contributed by atoms with E-state index in [-0.39, 0.29) is 6.01 Å². The molecule has 1 aromatic carbocycles. The zero-order chi connectivity index (χ0) is 12.3. The number of nitrogens with zero attached hydrogens (tertiary/aromatic N) is 2. The van der Waals surface area contributed by atoms with Crippen molar-refractivity contribution in [3.05, 3.63) is 40.0 Å². The topological polar surface area (TPSA) is 44.2 Å². The Morgan fingerprint density at radius 2 is 2.18 bits per heavy atom. The van der Waals surface area contributed by atoms with Gasteiger partial charge in [-0.15, -0.1) is 0 Å². The number of aromatic nitrogens is 2. The van der Waals surface area contributed by atoms with E-state index in [1.165, 1.54) is 7.11 Å². The quantitative estimate of drug-likeness (QED) is 0.866. The molecule has 0 aliphatic carbocycles. The summed E-state index contributed by atoms with van der Waals surface area (Å²) >= 11 is 9.10. The molecule has 2 aromatic rings. The zero-order valence-electron chi connectivity index (χ0n) is 8.85. The van der Waals surface area contributed by atoms with Gasteiger partial charge in [0, 0.05) is 5.02 Å². The molecule has 0 saturated carbocycles. The molecule has 6 heteroatoms. The second-order valence-electron chi connectivity index (χ2n) is 3.07. The summed E-state index contributed by atoms with van der Waals surface area (Å²) < 4.78 is 11.2. The van der Waals surface area contributed by atoms with Crippen molar-refractivity contribution in [3.63, 3.8) is 0 Å². The van der Waals surface area contributed by atoms with Crippen LogP contribution in [0.1, 0.15) is 0 Å². The molecule has 0 fully saturated rings. The third kappa shape index (κ3) is 3.08. The highest BCUT2D eigenvalue weighted by Crippen LogP contribution is 2.26. The number of hydrogen-bond acceptors (Lipinski definition) is 4. The van der Waals surface area contributed by atoms with Gasteiger partial charge >= 0.3 is 6.01 Å². The van der Waals surface area contributed by atoms with E-state index < -0.39 is 0 Å². The second kappa shape index (κ2) is 5.33. The van der Waals surface area contributed by atoms with Gasteiger partial charge in [0.15, 0.2) is 0 Å². The number of rotatable bonds is 3. The minimum atomic E-state index is 0.201. The predicted octanol–water partition coefficient (Wildman–Crippen LogP) is 3.69. The standard InChI is InChI=1S/C11H8BrClN2O2/c1-16-10-9(12)6-14-11(15-10)17-8-4-2-3-7(13)5-8/h2-6H,1H3. The van der Waals surface area contributed by atoms with Crippen molar-refractivity contribution >= 4 is 27.5 Å². The third-order valence-electron chi connectivity index (χ3n) is 1.89. The van der Waals surface area contributed by atoms with E-state index in [4.69, 9.17) is 21.1 Å². The molecular weight excluding hydrogens is 307 g/mol. The molecule has 0 aliphatic heterocycles. The predicted molar refractivity (Wildman–Crippen MR) is 67.8 cm³/mol. The molecule has 4 nitrogen and oxygen atoms in total. The van der Waals surface area contributed by atoms with Gasteiger partial charge in [-0.05, 0) is 34.1 Å². The number of ether oxygens (including phenoxy) is 2. The van der Waals surface area contributed by atoms with E-state index in [9.17, 15) is 0 Å². The molecule has 0 bridgehead atoms. The zero-order valence-corrected chi connectivity index (χ0v) is 11.2. The number of hydrogen-bond donors (Lipinski definition) is 0. The van der Waals surface area contributed by atoms with Crippen LogP contribution in [-0.2, 0) is 0 Å². The molecular formula is C11H8BrClN2O2. The van der Waals surface area contributed by atoms with Crippen molar-refractivity contribution in [1.29, 1.82) is 0 Å². The van der Waals surface area contributed by atoms with E-state index in [0.29, 0.717) is 21.1 Å². The van der Waals surface area contributed by atoms with Gasteiger partial charge in [-0.3, -0.25) is 0 Å². The highest BCUT2D eigenvalue weighted by atomic mass is 79.9. The molecule has 0 saturated heterocycles. The lowest BCUT2D eigenvalue weighted by Crippen LogP contribution is -1.95. The number of halogens is 2. The lowest BCUT2D eigenvalue weighted by atomic mass is 10.3. The fraction of sp³-hybridized carbons (Fsp3) is 0.0909. The van der Waals surface area contributed by atoms with Crippen molar-refractivity contribution in [2.24, 2.45) is 0 Å². The summed E-state index contributed by atoms with van der Waals surface area (Å²) in [7, 11) is 1.52. The van der Waals surface area contributed by atoms with Crippen LogP contribution in [0.4, 0.5) is 0 Å². The molecule has 17 heavy (non-hydrogen) atoms. The Hall–Kier alpha value is -1.33. The summed E-state index contributed by atoms with van der Waals surface area (Å²) in [5, 5.41) is 0.589. The molecule has 0 unspecified atom stereocenters. The first-order valence-corrected chi connectivity index (χ1v) is 5.86.